The Labute approximate surface area is 90.3 Å². The van der Waals surface area contributed by atoms with Crippen LogP contribution in [0.5, 0.6) is 0 Å². The van der Waals surface area contributed by atoms with Gasteiger partial charge in [0, 0.05) is 13.2 Å². The molecule has 0 aliphatic carbocycles. The molecule has 0 aliphatic heterocycles. The van der Waals surface area contributed by atoms with Crippen molar-refractivity contribution in [2.24, 2.45) is 0 Å². The molecule has 0 amide bonds. The van der Waals surface area contributed by atoms with Crippen LogP contribution in [0.15, 0.2) is 18.5 Å². The first-order chi connectivity index (χ1) is 5.38. The Bertz CT molecular complexity index is 213. The maximum absolute atomic E-state index is 4.98. The molecule has 0 spiro atoms. The first kappa shape index (κ1) is 11.9. The molecular formula is C8H15IN2O. The van der Waals surface area contributed by atoms with Crippen molar-refractivity contribution in [1.29, 1.82) is 0 Å². The Morgan fingerprint density at radius 1 is 1.50 bits per heavy atom. The zero-order valence-corrected chi connectivity index (χ0v) is 9.69. The SMILES string of the molecule is CCn1ccc[n+]1CCOC.[I-]. The van der Waals surface area contributed by atoms with Crippen molar-refractivity contribution >= 4 is 0 Å². The van der Waals surface area contributed by atoms with Gasteiger partial charge in [0.1, 0.15) is 6.61 Å². The van der Waals surface area contributed by atoms with Gasteiger partial charge < -0.3 is 28.7 Å². The molecule has 1 aromatic rings. The number of methoxy groups -OCH3 is 1. The van der Waals surface area contributed by atoms with Gasteiger partial charge in [-0.05, 0) is 6.92 Å². The van der Waals surface area contributed by atoms with Crippen LogP contribution in [0.1, 0.15) is 6.92 Å². The zero-order valence-electron chi connectivity index (χ0n) is 7.53. The summed E-state index contributed by atoms with van der Waals surface area (Å²) in [5.74, 6) is 0. The Hall–Kier alpha value is -0.100. The number of aromatic nitrogens is 2. The van der Waals surface area contributed by atoms with Crippen LogP contribution < -0.4 is 28.7 Å². The number of nitrogens with zero attached hydrogens (tertiary/aromatic N) is 2. The van der Waals surface area contributed by atoms with E-state index in [2.05, 4.69) is 28.7 Å². The van der Waals surface area contributed by atoms with E-state index in [9.17, 15) is 0 Å². The van der Waals surface area contributed by atoms with Gasteiger partial charge in [-0.15, -0.1) is 4.68 Å². The first-order valence-electron chi connectivity index (χ1n) is 3.92. The third-order valence-corrected chi connectivity index (χ3v) is 1.69. The van der Waals surface area contributed by atoms with Crippen LogP contribution in [-0.2, 0) is 17.8 Å². The van der Waals surface area contributed by atoms with E-state index in [-0.39, 0.29) is 24.0 Å². The predicted molar refractivity (Wildman–Crippen MR) is 42.2 cm³/mol. The number of hydrogen-bond donors (Lipinski definition) is 0. The molecule has 0 fully saturated rings. The van der Waals surface area contributed by atoms with Gasteiger partial charge in [-0.25, -0.2) is 0 Å². The minimum Gasteiger partial charge on any atom is -1.00 e. The van der Waals surface area contributed by atoms with Crippen LogP contribution in [0.3, 0.4) is 0 Å². The quantitative estimate of drug-likeness (QED) is 0.439. The maximum Gasteiger partial charge on any atom is 0.195 e. The van der Waals surface area contributed by atoms with Crippen LogP contribution >= 0.6 is 0 Å². The van der Waals surface area contributed by atoms with Crippen LogP contribution in [0.2, 0.25) is 0 Å². The van der Waals surface area contributed by atoms with Crippen LogP contribution in [-0.4, -0.2) is 18.4 Å². The van der Waals surface area contributed by atoms with Crippen molar-refractivity contribution in [3.8, 4) is 0 Å². The summed E-state index contributed by atoms with van der Waals surface area (Å²) >= 11 is 0. The monoisotopic (exact) mass is 282 g/mol. The lowest BCUT2D eigenvalue weighted by molar-refractivity contribution is -0.776. The van der Waals surface area contributed by atoms with E-state index in [4.69, 9.17) is 4.74 Å². The maximum atomic E-state index is 4.98. The fraction of sp³-hybridized carbons (Fsp3) is 0.625. The van der Waals surface area contributed by atoms with Crippen molar-refractivity contribution < 1.29 is 33.4 Å². The molecule has 3 nitrogen and oxygen atoms in total. The minimum atomic E-state index is 0. The van der Waals surface area contributed by atoms with Crippen LogP contribution in [0, 0.1) is 0 Å². The molecular weight excluding hydrogens is 267 g/mol. The van der Waals surface area contributed by atoms with Gasteiger partial charge in [0.25, 0.3) is 0 Å². The molecule has 0 radical (unpaired) electrons. The Morgan fingerprint density at radius 2 is 2.25 bits per heavy atom. The van der Waals surface area contributed by atoms with Gasteiger partial charge in [-0.1, -0.05) is 0 Å². The van der Waals surface area contributed by atoms with Gasteiger partial charge in [0.15, 0.2) is 12.7 Å². The summed E-state index contributed by atoms with van der Waals surface area (Å²) in [6, 6.07) is 2.04. The van der Waals surface area contributed by atoms with Crippen LogP contribution in [0.25, 0.3) is 0 Å². The average molecular weight is 282 g/mol. The van der Waals surface area contributed by atoms with Gasteiger partial charge in [0.05, 0.1) is 12.7 Å². The zero-order chi connectivity index (χ0) is 8.10. The number of hydrogen-bond acceptors (Lipinski definition) is 1. The second kappa shape index (κ2) is 6.42. The van der Waals surface area contributed by atoms with E-state index in [0.29, 0.717) is 0 Å². The fourth-order valence-electron chi connectivity index (χ4n) is 1.08. The predicted octanol–water partition coefficient (Wildman–Crippen LogP) is -2.55. The van der Waals surface area contributed by atoms with E-state index in [1.54, 1.807) is 7.11 Å². The average Bonchev–Trinajstić information content (AvgIpc) is 2.47. The third-order valence-electron chi connectivity index (χ3n) is 1.69. The van der Waals surface area contributed by atoms with Gasteiger partial charge in [0.2, 0.25) is 0 Å². The topological polar surface area (TPSA) is 18.0 Å². The Kier molecular flexibility index (Phi) is 6.37. The molecule has 0 unspecified atom stereocenters. The molecule has 0 aromatic carbocycles. The van der Waals surface area contributed by atoms with Crippen molar-refractivity contribution in [3.05, 3.63) is 18.5 Å². The summed E-state index contributed by atoms with van der Waals surface area (Å²) in [5.41, 5.74) is 0. The molecule has 0 aliphatic rings. The minimum absolute atomic E-state index is 0. The molecule has 0 bridgehead atoms. The van der Waals surface area contributed by atoms with E-state index >= 15 is 0 Å². The lowest BCUT2D eigenvalue weighted by Crippen LogP contribution is -3.00. The van der Waals surface area contributed by atoms with Crippen LogP contribution in [0.4, 0.5) is 0 Å². The van der Waals surface area contributed by atoms with E-state index in [0.717, 1.165) is 19.7 Å². The van der Waals surface area contributed by atoms with E-state index in [1.165, 1.54) is 0 Å². The first-order valence-corrected chi connectivity index (χ1v) is 3.92. The summed E-state index contributed by atoms with van der Waals surface area (Å²) in [6.45, 7) is 4.84. The molecule has 70 valence electrons. The Morgan fingerprint density at radius 3 is 2.83 bits per heavy atom. The summed E-state index contributed by atoms with van der Waals surface area (Å²) in [4.78, 5) is 0. The highest BCUT2D eigenvalue weighted by atomic mass is 127. The van der Waals surface area contributed by atoms with E-state index in [1.807, 2.05) is 6.07 Å². The normalized spacial score (nSPS) is 9.50. The molecule has 0 N–H and O–H groups in total. The second-order valence-corrected chi connectivity index (χ2v) is 2.40. The lowest BCUT2D eigenvalue weighted by atomic mass is 10.7. The molecule has 4 heteroatoms. The van der Waals surface area contributed by atoms with Crippen molar-refractivity contribution in [1.82, 2.24) is 4.68 Å². The Balaban J connectivity index is 0.00000121. The van der Waals surface area contributed by atoms with Gasteiger partial charge >= 0.3 is 0 Å². The molecule has 0 saturated heterocycles. The number of aryl methyl sites for hydroxylation is 1. The summed E-state index contributed by atoms with van der Waals surface area (Å²) in [6.07, 6.45) is 4.12. The molecule has 1 heterocycles. The standard InChI is InChI=1S/C8H15N2O.HI/c1-3-9-5-4-6-10(9)7-8-11-2;/h4-6H,3,7-8H2,1-2H3;1H/q+1;/p-1. The smallest absolute Gasteiger partial charge is 0.195 e. The highest BCUT2D eigenvalue weighted by molar-refractivity contribution is 4.70. The fourth-order valence-corrected chi connectivity index (χ4v) is 1.08. The molecule has 1 aromatic heterocycles. The molecule has 12 heavy (non-hydrogen) atoms. The molecule has 0 atom stereocenters. The van der Waals surface area contributed by atoms with Crippen molar-refractivity contribution in [2.45, 2.75) is 20.0 Å². The number of rotatable bonds is 4. The second-order valence-electron chi connectivity index (χ2n) is 2.40. The third kappa shape index (κ3) is 3.10. The summed E-state index contributed by atoms with van der Waals surface area (Å²) in [5, 5.41) is 0. The molecule has 1 rings (SSSR count). The van der Waals surface area contributed by atoms with Gasteiger partial charge in [-0.2, -0.15) is 4.68 Å². The van der Waals surface area contributed by atoms with Crippen molar-refractivity contribution in [2.75, 3.05) is 13.7 Å². The lowest BCUT2D eigenvalue weighted by Gasteiger charge is -1.97. The summed E-state index contributed by atoms with van der Waals surface area (Å²) in [7, 11) is 1.72. The number of ether oxygens (including phenoxy) is 1. The number of halogens is 1. The van der Waals surface area contributed by atoms with Crippen molar-refractivity contribution in [3.63, 3.8) is 0 Å². The van der Waals surface area contributed by atoms with Gasteiger partial charge in [-0.3, -0.25) is 0 Å². The summed E-state index contributed by atoms with van der Waals surface area (Å²) < 4.78 is 9.27. The highest BCUT2D eigenvalue weighted by Gasteiger charge is 2.03. The molecule has 0 saturated carbocycles. The van der Waals surface area contributed by atoms with E-state index < -0.39 is 0 Å². The largest absolute Gasteiger partial charge is 1.00 e. The highest BCUT2D eigenvalue weighted by Crippen LogP contribution is 1.81.